The maximum Gasteiger partial charge on any atom is 0.320 e. The SMILES string of the molecule is C[C@@H](CNCC(=O)OCc1ccccc1)COC(C)(C)O. The van der Waals surface area contributed by atoms with Gasteiger partial charge in [-0.25, -0.2) is 0 Å². The molecule has 1 aromatic rings. The van der Waals surface area contributed by atoms with Gasteiger partial charge in [0.2, 0.25) is 0 Å². The van der Waals surface area contributed by atoms with Gasteiger partial charge in [0, 0.05) is 6.54 Å². The number of nitrogens with one attached hydrogen (secondary N) is 1. The summed E-state index contributed by atoms with van der Waals surface area (Å²) in [6.45, 7) is 6.67. The minimum Gasteiger partial charge on any atom is -0.460 e. The highest BCUT2D eigenvalue weighted by Crippen LogP contribution is 2.06. The van der Waals surface area contributed by atoms with Gasteiger partial charge in [0.1, 0.15) is 6.61 Å². The van der Waals surface area contributed by atoms with E-state index in [4.69, 9.17) is 9.47 Å². The van der Waals surface area contributed by atoms with Gasteiger partial charge < -0.3 is 19.9 Å². The summed E-state index contributed by atoms with van der Waals surface area (Å²) in [7, 11) is 0. The zero-order chi connectivity index (χ0) is 15.7. The fourth-order valence-electron chi connectivity index (χ4n) is 1.61. The van der Waals surface area contributed by atoms with Crippen LogP contribution in [0.2, 0.25) is 0 Å². The molecule has 0 aliphatic rings. The predicted molar refractivity (Wildman–Crippen MR) is 80.5 cm³/mol. The Bertz CT molecular complexity index is 414. The lowest BCUT2D eigenvalue weighted by Gasteiger charge is -2.21. The molecule has 0 aromatic heterocycles. The van der Waals surface area contributed by atoms with E-state index in [1.807, 2.05) is 37.3 Å². The molecule has 1 rings (SSSR count). The Morgan fingerprint density at radius 3 is 2.62 bits per heavy atom. The molecule has 0 saturated carbocycles. The molecule has 0 fully saturated rings. The van der Waals surface area contributed by atoms with Crippen LogP contribution in [0, 0.1) is 5.92 Å². The van der Waals surface area contributed by atoms with Crippen molar-refractivity contribution in [2.45, 2.75) is 33.2 Å². The Kier molecular flexibility index (Phi) is 7.36. The molecule has 2 N–H and O–H groups in total. The van der Waals surface area contributed by atoms with E-state index in [1.54, 1.807) is 13.8 Å². The molecule has 5 nitrogen and oxygen atoms in total. The van der Waals surface area contributed by atoms with Gasteiger partial charge in [0.05, 0.1) is 13.2 Å². The third-order valence-electron chi connectivity index (χ3n) is 2.73. The van der Waals surface area contributed by atoms with Gasteiger partial charge in [0.15, 0.2) is 5.79 Å². The van der Waals surface area contributed by atoms with Crippen molar-refractivity contribution in [3.63, 3.8) is 0 Å². The fraction of sp³-hybridized carbons (Fsp3) is 0.562. The Labute approximate surface area is 126 Å². The Morgan fingerprint density at radius 2 is 2.00 bits per heavy atom. The maximum absolute atomic E-state index is 11.6. The molecule has 5 heteroatoms. The van der Waals surface area contributed by atoms with E-state index in [1.165, 1.54) is 0 Å². The monoisotopic (exact) mass is 295 g/mol. The van der Waals surface area contributed by atoms with Crippen LogP contribution in [0.15, 0.2) is 30.3 Å². The zero-order valence-corrected chi connectivity index (χ0v) is 13.0. The lowest BCUT2D eigenvalue weighted by Crippen LogP contribution is -2.32. The lowest BCUT2D eigenvalue weighted by molar-refractivity contribution is -0.182. The first-order chi connectivity index (χ1) is 9.87. The molecule has 0 spiro atoms. The molecule has 0 radical (unpaired) electrons. The first-order valence-electron chi connectivity index (χ1n) is 7.13. The smallest absolute Gasteiger partial charge is 0.320 e. The number of ether oxygens (including phenoxy) is 2. The molecule has 0 saturated heterocycles. The number of carbonyl (C=O) groups excluding carboxylic acids is 1. The van der Waals surface area contributed by atoms with E-state index >= 15 is 0 Å². The quantitative estimate of drug-likeness (QED) is 0.536. The second kappa shape index (κ2) is 8.77. The van der Waals surface area contributed by atoms with Crippen molar-refractivity contribution >= 4 is 5.97 Å². The minimum atomic E-state index is -1.12. The first-order valence-corrected chi connectivity index (χ1v) is 7.13. The van der Waals surface area contributed by atoms with Crippen LogP contribution >= 0.6 is 0 Å². The number of hydrogen-bond donors (Lipinski definition) is 2. The van der Waals surface area contributed by atoms with Crippen molar-refractivity contribution in [2.24, 2.45) is 5.92 Å². The van der Waals surface area contributed by atoms with E-state index in [0.717, 1.165) is 5.56 Å². The normalized spacial score (nSPS) is 13.0. The Hall–Kier alpha value is -1.43. The molecule has 1 aromatic carbocycles. The Balaban J connectivity index is 2.10. The van der Waals surface area contributed by atoms with E-state index in [-0.39, 0.29) is 18.4 Å². The van der Waals surface area contributed by atoms with Crippen LogP contribution in [-0.2, 0) is 20.9 Å². The highest BCUT2D eigenvalue weighted by molar-refractivity contribution is 5.71. The van der Waals surface area contributed by atoms with Gasteiger partial charge in [0.25, 0.3) is 0 Å². The van der Waals surface area contributed by atoms with Crippen molar-refractivity contribution in [2.75, 3.05) is 19.7 Å². The number of aliphatic hydroxyl groups is 1. The second-order valence-electron chi connectivity index (χ2n) is 5.64. The molecule has 0 bridgehead atoms. The summed E-state index contributed by atoms with van der Waals surface area (Å²) in [5.41, 5.74) is 0.970. The summed E-state index contributed by atoms with van der Waals surface area (Å²) in [6.07, 6.45) is 0. The topological polar surface area (TPSA) is 67.8 Å². The van der Waals surface area contributed by atoms with Crippen LogP contribution < -0.4 is 5.32 Å². The maximum atomic E-state index is 11.6. The van der Waals surface area contributed by atoms with Crippen LogP contribution in [0.4, 0.5) is 0 Å². The van der Waals surface area contributed by atoms with Crippen LogP contribution in [0.3, 0.4) is 0 Å². The van der Waals surface area contributed by atoms with E-state index in [0.29, 0.717) is 19.8 Å². The number of carbonyl (C=O) groups is 1. The molecule has 0 unspecified atom stereocenters. The standard InChI is InChI=1S/C16H25NO4/c1-13(11-21-16(2,3)19)9-17-10-15(18)20-12-14-7-5-4-6-8-14/h4-8,13,17,19H,9-12H2,1-3H3/t13-/m0/s1. The summed E-state index contributed by atoms with van der Waals surface area (Å²) in [6, 6.07) is 9.56. The van der Waals surface area contributed by atoms with E-state index in [9.17, 15) is 9.90 Å². The van der Waals surface area contributed by atoms with Gasteiger partial charge in [-0.1, -0.05) is 37.3 Å². The van der Waals surface area contributed by atoms with Crippen molar-refractivity contribution in [1.82, 2.24) is 5.32 Å². The number of rotatable bonds is 9. The summed E-state index contributed by atoms with van der Waals surface area (Å²) in [5.74, 6) is -1.21. The van der Waals surface area contributed by atoms with Gasteiger partial charge in [-0.2, -0.15) is 0 Å². The third-order valence-corrected chi connectivity index (χ3v) is 2.73. The fourth-order valence-corrected chi connectivity index (χ4v) is 1.61. The molecule has 0 amide bonds. The van der Waals surface area contributed by atoms with Crippen molar-refractivity contribution in [3.8, 4) is 0 Å². The predicted octanol–water partition coefficient (Wildman–Crippen LogP) is 1.70. The van der Waals surface area contributed by atoms with Crippen LogP contribution in [0.5, 0.6) is 0 Å². The summed E-state index contributed by atoms with van der Waals surface area (Å²) < 4.78 is 10.4. The molecule has 0 aliphatic heterocycles. The van der Waals surface area contributed by atoms with Crippen LogP contribution in [-0.4, -0.2) is 36.6 Å². The number of benzene rings is 1. The molecule has 1 atom stereocenters. The highest BCUT2D eigenvalue weighted by atomic mass is 16.6. The molecule has 0 aliphatic carbocycles. The van der Waals surface area contributed by atoms with Gasteiger partial charge in [-0.3, -0.25) is 4.79 Å². The average Bonchev–Trinajstić information content (AvgIpc) is 2.43. The summed E-state index contributed by atoms with van der Waals surface area (Å²) >= 11 is 0. The molecular weight excluding hydrogens is 270 g/mol. The zero-order valence-electron chi connectivity index (χ0n) is 13.0. The summed E-state index contributed by atoms with van der Waals surface area (Å²) in [4.78, 5) is 11.6. The van der Waals surface area contributed by atoms with E-state index < -0.39 is 5.79 Å². The van der Waals surface area contributed by atoms with Crippen molar-refractivity contribution in [1.29, 1.82) is 0 Å². The van der Waals surface area contributed by atoms with Crippen molar-refractivity contribution < 1.29 is 19.4 Å². The average molecular weight is 295 g/mol. The van der Waals surface area contributed by atoms with Crippen LogP contribution in [0.25, 0.3) is 0 Å². The largest absolute Gasteiger partial charge is 0.460 e. The summed E-state index contributed by atoms with van der Waals surface area (Å²) in [5, 5.41) is 12.5. The second-order valence-corrected chi connectivity index (χ2v) is 5.64. The molecule has 21 heavy (non-hydrogen) atoms. The molecule has 118 valence electrons. The lowest BCUT2D eigenvalue weighted by atomic mass is 10.2. The third kappa shape index (κ3) is 9.18. The number of esters is 1. The minimum absolute atomic E-state index is 0.166. The number of hydrogen-bond acceptors (Lipinski definition) is 5. The van der Waals surface area contributed by atoms with Gasteiger partial charge in [-0.15, -0.1) is 0 Å². The van der Waals surface area contributed by atoms with Gasteiger partial charge >= 0.3 is 5.97 Å². The molecular formula is C16H25NO4. The van der Waals surface area contributed by atoms with Gasteiger partial charge in [-0.05, 0) is 25.3 Å². The first kappa shape index (κ1) is 17.6. The highest BCUT2D eigenvalue weighted by Gasteiger charge is 2.14. The molecule has 0 heterocycles. The van der Waals surface area contributed by atoms with Crippen LogP contribution in [0.1, 0.15) is 26.3 Å². The Morgan fingerprint density at radius 1 is 1.33 bits per heavy atom. The van der Waals surface area contributed by atoms with Crippen molar-refractivity contribution in [3.05, 3.63) is 35.9 Å². The van der Waals surface area contributed by atoms with E-state index in [2.05, 4.69) is 5.32 Å².